The first-order valence-corrected chi connectivity index (χ1v) is 16.0. The summed E-state index contributed by atoms with van der Waals surface area (Å²) in [6.45, 7) is 9.40. The van der Waals surface area contributed by atoms with E-state index in [0.29, 0.717) is 23.7 Å². The SMILES string of the molecule is CC(C)[C@@H](NC(=O)c1c(CN2CCC(N3CCCCC3)CC2)c(-c2ccccc2)nc2cc(O)ccc12)c1ccccc1. The van der Waals surface area contributed by atoms with Gasteiger partial charge in [-0.1, -0.05) is 80.9 Å². The molecule has 4 aromatic rings. The van der Waals surface area contributed by atoms with Gasteiger partial charge in [0.2, 0.25) is 0 Å². The lowest BCUT2D eigenvalue weighted by molar-refractivity contribution is 0.0880. The smallest absolute Gasteiger partial charge is 0.252 e. The van der Waals surface area contributed by atoms with Gasteiger partial charge in [0.05, 0.1) is 22.8 Å². The van der Waals surface area contributed by atoms with Gasteiger partial charge in [0.1, 0.15) is 5.75 Å². The van der Waals surface area contributed by atoms with Gasteiger partial charge >= 0.3 is 0 Å². The van der Waals surface area contributed by atoms with Gasteiger partial charge in [0, 0.05) is 35.2 Å². The Bertz CT molecular complexity index is 1530. The Labute approximate surface area is 255 Å². The molecule has 6 nitrogen and oxygen atoms in total. The minimum atomic E-state index is -0.137. The van der Waals surface area contributed by atoms with E-state index in [-0.39, 0.29) is 23.6 Å². The summed E-state index contributed by atoms with van der Waals surface area (Å²) in [5.41, 5.74) is 5.10. The van der Waals surface area contributed by atoms with Crippen molar-refractivity contribution in [1.82, 2.24) is 20.1 Å². The number of carbonyl (C=O) groups is 1. The topological polar surface area (TPSA) is 68.7 Å². The average molecular weight is 577 g/mol. The van der Waals surface area contributed by atoms with Crippen LogP contribution in [0.4, 0.5) is 0 Å². The molecule has 2 aliphatic rings. The number of pyridine rings is 1. The lowest BCUT2D eigenvalue weighted by atomic mass is 9.92. The van der Waals surface area contributed by atoms with Crippen LogP contribution in [-0.4, -0.2) is 58.0 Å². The molecule has 2 saturated heterocycles. The van der Waals surface area contributed by atoms with Crippen molar-refractivity contribution in [2.24, 2.45) is 5.92 Å². The van der Waals surface area contributed by atoms with E-state index in [9.17, 15) is 9.90 Å². The second-order valence-electron chi connectivity index (χ2n) is 12.6. The normalized spacial score (nSPS) is 17.7. The van der Waals surface area contributed by atoms with Crippen LogP contribution in [0.2, 0.25) is 0 Å². The zero-order valence-corrected chi connectivity index (χ0v) is 25.5. The predicted molar refractivity (Wildman–Crippen MR) is 174 cm³/mol. The first-order chi connectivity index (χ1) is 21.0. The van der Waals surface area contributed by atoms with E-state index < -0.39 is 0 Å². The maximum Gasteiger partial charge on any atom is 0.252 e. The summed E-state index contributed by atoms with van der Waals surface area (Å²) in [5, 5.41) is 14.6. The summed E-state index contributed by atoms with van der Waals surface area (Å²) >= 11 is 0. The number of likely N-dealkylation sites (tertiary alicyclic amines) is 2. The van der Waals surface area contributed by atoms with Crippen molar-refractivity contribution in [3.8, 4) is 17.0 Å². The number of benzene rings is 3. The number of aromatic nitrogens is 1. The lowest BCUT2D eigenvalue weighted by Gasteiger charge is -2.40. The van der Waals surface area contributed by atoms with Gasteiger partial charge in [-0.2, -0.15) is 0 Å². The molecule has 43 heavy (non-hydrogen) atoms. The third-order valence-electron chi connectivity index (χ3n) is 9.30. The number of phenolic OH excluding ortho intramolecular Hbond substituents is 1. The monoisotopic (exact) mass is 576 g/mol. The van der Waals surface area contributed by atoms with Gasteiger partial charge in [-0.05, 0) is 75.5 Å². The average Bonchev–Trinajstić information content (AvgIpc) is 3.04. The molecule has 224 valence electrons. The Morgan fingerprint density at radius 2 is 1.58 bits per heavy atom. The van der Waals surface area contributed by atoms with E-state index in [2.05, 4.69) is 53.2 Å². The molecule has 2 aliphatic heterocycles. The fourth-order valence-electron chi connectivity index (χ4n) is 7.00. The van der Waals surface area contributed by atoms with Gasteiger partial charge in [-0.3, -0.25) is 9.69 Å². The molecule has 6 heteroatoms. The largest absolute Gasteiger partial charge is 0.508 e. The summed E-state index contributed by atoms with van der Waals surface area (Å²) in [5.74, 6) is 0.243. The molecule has 3 heterocycles. The molecule has 0 spiro atoms. The first-order valence-electron chi connectivity index (χ1n) is 16.0. The van der Waals surface area contributed by atoms with Crippen molar-refractivity contribution in [1.29, 1.82) is 0 Å². The first kappa shape index (κ1) is 29.3. The molecule has 0 unspecified atom stereocenters. The van der Waals surface area contributed by atoms with Crippen LogP contribution in [0, 0.1) is 5.92 Å². The van der Waals surface area contributed by atoms with E-state index in [1.165, 1.54) is 32.4 Å². The highest BCUT2D eigenvalue weighted by Crippen LogP contribution is 2.34. The van der Waals surface area contributed by atoms with Gasteiger partial charge in [0.25, 0.3) is 5.91 Å². The predicted octanol–water partition coefficient (Wildman–Crippen LogP) is 7.18. The minimum absolute atomic E-state index is 0.101. The van der Waals surface area contributed by atoms with Crippen LogP contribution in [-0.2, 0) is 6.54 Å². The molecule has 6 rings (SSSR count). The number of hydrogen-bond acceptors (Lipinski definition) is 5. The Morgan fingerprint density at radius 1 is 0.907 bits per heavy atom. The fraction of sp³-hybridized carbons (Fsp3) is 0.405. The minimum Gasteiger partial charge on any atom is -0.508 e. The maximum absolute atomic E-state index is 14.5. The molecule has 2 fully saturated rings. The second kappa shape index (κ2) is 13.3. The van der Waals surface area contributed by atoms with Crippen LogP contribution in [0.1, 0.15) is 73.5 Å². The van der Waals surface area contributed by atoms with E-state index >= 15 is 0 Å². The quantitative estimate of drug-likeness (QED) is 0.232. The van der Waals surface area contributed by atoms with E-state index in [1.807, 2.05) is 42.5 Å². The van der Waals surface area contributed by atoms with Gasteiger partial charge in [-0.15, -0.1) is 0 Å². The molecule has 0 bridgehead atoms. The van der Waals surface area contributed by atoms with Crippen molar-refractivity contribution >= 4 is 16.8 Å². The Hall–Kier alpha value is -3.74. The Kier molecular flexibility index (Phi) is 9.06. The number of phenols is 1. The Morgan fingerprint density at radius 3 is 2.26 bits per heavy atom. The molecule has 3 aromatic carbocycles. The molecule has 0 saturated carbocycles. The number of rotatable bonds is 8. The van der Waals surface area contributed by atoms with Crippen molar-refractivity contribution in [2.45, 2.75) is 64.6 Å². The lowest BCUT2D eigenvalue weighted by Crippen LogP contribution is -2.46. The summed E-state index contributed by atoms with van der Waals surface area (Å²) in [6, 6.07) is 26.1. The molecule has 1 amide bonds. The molecule has 0 aliphatic carbocycles. The van der Waals surface area contributed by atoms with Gasteiger partial charge in [0.15, 0.2) is 0 Å². The van der Waals surface area contributed by atoms with E-state index in [4.69, 9.17) is 4.98 Å². The maximum atomic E-state index is 14.5. The van der Waals surface area contributed by atoms with Crippen LogP contribution in [0.15, 0.2) is 78.9 Å². The zero-order chi connectivity index (χ0) is 29.8. The molecule has 2 N–H and O–H groups in total. The summed E-state index contributed by atoms with van der Waals surface area (Å²) in [6.07, 6.45) is 6.30. The van der Waals surface area contributed by atoms with Crippen LogP contribution in [0.5, 0.6) is 5.75 Å². The summed E-state index contributed by atoms with van der Waals surface area (Å²) in [4.78, 5) is 24.8. The molecule has 0 radical (unpaired) electrons. The number of piperidine rings is 2. The molecule has 1 aromatic heterocycles. The zero-order valence-electron chi connectivity index (χ0n) is 25.5. The number of nitrogens with zero attached hydrogens (tertiary/aromatic N) is 3. The highest BCUT2D eigenvalue weighted by molar-refractivity contribution is 6.09. The van der Waals surface area contributed by atoms with Crippen molar-refractivity contribution in [2.75, 3.05) is 26.2 Å². The summed E-state index contributed by atoms with van der Waals surface area (Å²) < 4.78 is 0. The summed E-state index contributed by atoms with van der Waals surface area (Å²) in [7, 11) is 0. The van der Waals surface area contributed by atoms with E-state index in [0.717, 1.165) is 53.7 Å². The number of nitrogens with one attached hydrogen (secondary N) is 1. The van der Waals surface area contributed by atoms with Crippen molar-refractivity contribution in [3.63, 3.8) is 0 Å². The Balaban J connectivity index is 1.40. The molecule has 1 atom stereocenters. The van der Waals surface area contributed by atoms with Crippen LogP contribution < -0.4 is 5.32 Å². The molecular weight excluding hydrogens is 532 g/mol. The van der Waals surface area contributed by atoms with Crippen LogP contribution >= 0.6 is 0 Å². The number of hydrogen-bond donors (Lipinski definition) is 2. The number of aromatic hydroxyl groups is 1. The highest BCUT2D eigenvalue weighted by atomic mass is 16.3. The van der Waals surface area contributed by atoms with Gasteiger partial charge in [-0.25, -0.2) is 4.98 Å². The third-order valence-corrected chi connectivity index (χ3v) is 9.30. The van der Waals surface area contributed by atoms with Crippen molar-refractivity contribution < 1.29 is 9.90 Å². The van der Waals surface area contributed by atoms with Crippen LogP contribution in [0.25, 0.3) is 22.2 Å². The number of carbonyl (C=O) groups excluding carboxylic acids is 1. The number of amides is 1. The van der Waals surface area contributed by atoms with Crippen LogP contribution in [0.3, 0.4) is 0 Å². The molecular formula is C37H44N4O2. The fourth-order valence-corrected chi connectivity index (χ4v) is 7.00. The van der Waals surface area contributed by atoms with Gasteiger partial charge < -0.3 is 15.3 Å². The standard InChI is InChI=1S/C37H44N4O2/c1-26(2)35(27-12-6-3-7-13-27)39-37(43)34-31-17-16-30(42)24-33(31)38-36(28-14-8-4-9-15-28)32(34)25-40-22-18-29(19-23-40)41-20-10-5-11-21-41/h3-4,6-9,12-17,24,26,29,35,42H,5,10-11,18-23,25H2,1-2H3,(H,39,43)/t35-/m1/s1. The third kappa shape index (κ3) is 6.61. The number of fused-ring (bicyclic) bond motifs is 1. The highest BCUT2D eigenvalue weighted by Gasteiger charge is 2.30. The second-order valence-corrected chi connectivity index (χ2v) is 12.6. The van der Waals surface area contributed by atoms with Crippen molar-refractivity contribution in [3.05, 3.63) is 95.6 Å². The van der Waals surface area contributed by atoms with E-state index in [1.54, 1.807) is 12.1 Å².